The molecule has 0 spiro atoms. The molecule has 0 aromatic rings. The molecule has 5 heteroatoms. The van der Waals surface area contributed by atoms with E-state index in [1.165, 1.54) is 14.0 Å². The minimum absolute atomic E-state index is 0.122. The maximum absolute atomic E-state index is 10.6. The molecule has 0 radical (unpaired) electrons. The van der Waals surface area contributed by atoms with Gasteiger partial charge in [0.05, 0.1) is 5.92 Å². The lowest BCUT2D eigenvalue weighted by Gasteiger charge is -2.02. The molecular weight excluding hydrogens is 155 g/mol. The number of rotatable bonds is 4. The predicted molar refractivity (Wildman–Crippen MR) is 37.7 cm³/mol. The molecule has 0 amide bonds. The van der Waals surface area contributed by atoms with Crippen molar-refractivity contribution in [1.29, 1.82) is 0 Å². The zero-order valence-electron chi connectivity index (χ0n) is 5.96. The van der Waals surface area contributed by atoms with Crippen LogP contribution in [0.5, 0.6) is 0 Å². The Kier molecular flexibility index (Phi) is 4.32. The van der Waals surface area contributed by atoms with Crippen molar-refractivity contribution < 1.29 is 19.0 Å². The average molecular weight is 166 g/mol. The molecule has 1 N–H and O–H groups in total. The van der Waals surface area contributed by atoms with Crippen LogP contribution in [0.1, 0.15) is 6.92 Å². The number of hydrogen-bond donors (Lipinski definition) is 1. The Morgan fingerprint density at radius 3 is 2.60 bits per heavy atom. The van der Waals surface area contributed by atoms with Crippen molar-refractivity contribution in [2.45, 2.75) is 6.92 Å². The first-order chi connectivity index (χ1) is 4.57. The van der Waals surface area contributed by atoms with Gasteiger partial charge >= 0.3 is 5.97 Å². The third-order valence-corrected chi connectivity index (χ3v) is 2.52. The summed E-state index contributed by atoms with van der Waals surface area (Å²) in [5.41, 5.74) is 0. The lowest BCUT2D eigenvalue weighted by molar-refractivity contribution is -0.140. The standard InChI is InChI=1S/C5H11O4P/c1-4(5(6)7)3-10(8)9-2/h4,10H,3H2,1-2H3,(H,6,7). The summed E-state index contributed by atoms with van der Waals surface area (Å²) in [5, 5.41) is 8.35. The Morgan fingerprint density at radius 2 is 2.30 bits per heavy atom. The molecule has 2 atom stereocenters. The van der Waals surface area contributed by atoms with Gasteiger partial charge in [-0.2, -0.15) is 0 Å². The topological polar surface area (TPSA) is 63.6 Å². The molecule has 0 saturated heterocycles. The van der Waals surface area contributed by atoms with Gasteiger partial charge in [-0.1, -0.05) is 6.92 Å². The monoisotopic (exact) mass is 166 g/mol. The summed E-state index contributed by atoms with van der Waals surface area (Å²) in [7, 11) is -0.788. The van der Waals surface area contributed by atoms with E-state index in [9.17, 15) is 9.36 Å². The van der Waals surface area contributed by atoms with Crippen molar-refractivity contribution in [3.8, 4) is 0 Å². The Balaban J connectivity index is 3.68. The molecule has 60 valence electrons. The third kappa shape index (κ3) is 3.64. The SMILES string of the molecule is CO[PH](=O)CC(C)C(=O)O. The predicted octanol–water partition coefficient (Wildman–Crippen LogP) is 0.828. The maximum Gasteiger partial charge on any atom is 0.306 e. The van der Waals surface area contributed by atoms with Gasteiger partial charge in [0, 0.05) is 13.3 Å². The number of aliphatic carboxylic acids is 1. The van der Waals surface area contributed by atoms with Gasteiger partial charge in [0.2, 0.25) is 0 Å². The molecule has 0 aliphatic carbocycles. The number of hydrogen-bond acceptors (Lipinski definition) is 3. The molecule has 0 aliphatic heterocycles. The normalized spacial score (nSPS) is 16.2. The van der Waals surface area contributed by atoms with Gasteiger partial charge in [-0.05, 0) is 0 Å². The van der Waals surface area contributed by atoms with E-state index < -0.39 is 19.9 Å². The number of carbonyl (C=O) groups is 1. The fraction of sp³-hybridized carbons (Fsp3) is 0.800. The summed E-state index contributed by atoms with van der Waals surface area (Å²) in [6, 6.07) is 0. The van der Waals surface area contributed by atoms with Crippen LogP contribution in [-0.4, -0.2) is 24.3 Å². The molecule has 4 nitrogen and oxygen atoms in total. The Hall–Kier alpha value is -0.340. The van der Waals surface area contributed by atoms with E-state index in [0.717, 1.165) is 0 Å². The van der Waals surface area contributed by atoms with E-state index in [0.29, 0.717) is 0 Å². The highest BCUT2D eigenvalue weighted by Crippen LogP contribution is 2.23. The zero-order valence-corrected chi connectivity index (χ0v) is 6.96. The molecule has 0 aliphatic rings. The molecule has 0 aromatic heterocycles. The second-order valence-corrected chi connectivity index (χ2v) is 3.58. The fourth-order valence-electron chi connectivity index (χ4n) is 0.421. The average Bonchev–Trinajstić information content (AvgIpc) is 1.87. The van der Waals surface area contributed by atoms with E-state index in [2.05, 4.69) is 4.52 Å². The maximum atomic E-state index is 10.6. The van der Waals surface area contributed by atoms with Crippen LogP contribution in [-0.2, 0) is 13.9 Å². The molecular formula is C5H11O4P. The van der Waals surface area contributed by atoms with Crippen LogP contribution in [0.15, 0.2) is 0 Å². The second-order valence-electron chi connectivity index (χ2n) is 2.02. The summed E-state index contributed by atoms with van der Waals surface area (Å²) >= 11 is 0. The molecule has 0 fully saturated rings. The van der Waals surface area contributed by atoms with Crippen LogP contribution in [0.3, 0.4) is 0 Å². The summed E-state index contributed by atoms with van der Waals surface area (Å²) in [4.78, 5) is 10.2. The number of carboxylic acid groups (broad SMARTS) is 1. The van der Waals surface area contributed by atoms with Crippen molar-refractivity contribution in [1.82, 2.24) is 0 Å². The molecule has 0 rings (SSSR count). The van der Waals surface area contributed by atoms with Crippen molar-refractivity contribution >= 4 is 14.0 Å². The lowest BCUT2D eigenvalue weighted by Crippen LogP contribution is -2.11. The van der Waals surface area contributed by atoms with Crippen LogP contribution in [0, 0.1) is 5.92 Å². The van der Waals surface area contributed by atoms with E-state index >= 15 is 0 Å². The van der Waals surface area contributed by atoms with E-state index in [1.807, 2.05) is 0 Å². The minimum atomic E-state index is -2.10. The van der Waals surface area contributed by atoms with E-state index in [1.54, 1.807) is 0 Å². The highest BCUT2D eigenvalue weighted by molar-refractivity contribution is 7.39. The Morgan fingerprint density at radius 1 is 1.80 bits per heavy atom. The third-order valence-electron chi connectivity index (χ3n) is 1.12. The summed E-state index contributed by atoms with van der Waals surface area (Å²) in [6.07, 6.45) is 0.122. The summed E-state index contributed by atoms with van der Waals surface area (Å²) in [5.74, 6) is -1.51. The first kappa shape index (κ1) is 9.66. The lowest BCUT2D eigenvalue weighted by atomic mass is 10.2. The highest BCUT2D eigenvalue weighted by Gasteiger charge is 2.13. The zero-order chi connectivity index (χ0) is 8.15. The Labute approximate surface area is 60.1 Å². The summed E-state index contributed by atoms with van der Waals surface area (Å²) in [6.45, 7) is 1.50. The molecule has 0 bridgehead atoms. The van der Waals surface area contributed by atoms with Crippen LogP contribution >= 0.6 is 8.03 Å². The van der Waals surface area contributed by atoms with Gasteiger partial charge in [0.15, 0.2) is 8.03 Å². The van der Waals surface area contributed by atoms with E-state index in [-0.39, 0.29) is 6.16 Å². The van der Waals surface area contributed by atoms with Crippen LogP contribution in [0.2, 0.25) is 0 Å². The first-order valence-corrected chi connectivity index (χ1v) is 4.40. The van der Waals surface area contributed by atoms with Gasteiger partial charge in [0.1, 0.15) is 0 Å². The van der Waals surface area contributed by atoms with Gasteiger partial charge in [0.25, 0.3) is 0 Å². The molecule has 10 heavy (non-hydrogen) atoms. The highest BCUT2D eigenvalue weighted by atomic mass is 31.1. The van der Waals surface area contributed by atoms with E-state index in [4.69, 9.17) is 5.11 Å². The first-order valence-electron chi connectivity index (χ1n) is 2.87. The summed E-state index contributed by atoms with van der Waals surface area (Å²) < 4.78 is 15.1. The van der Waals surface area contributed by atoms with Crippen molar-refractivity contribution in [3.05, 3.63) is 0 Å². The van der Waals surface area contributed by atoms with Crippen LogP contribution in [0.4, 0.5) is 0 Å². The van der Waals surface area contributed by atoms with Crippen LogP contribution in [0.25, 0.3) is 0 Å². The quantitative estimate of drug-likeness (QED) is 0.628. The minimum Gasteiger partial charge on any atom is -0.481 e. The fourth-order valence-corrected chi connectivity index (χ4v) is 1.26. The van der Waals surface area contributed by atoms with Crippen molar-refractivity contribution in [2.24, 2.45) is 5.92 Å². The van der Waals surface area contributed by atoms with Gasteiger partial charge in [-0.25, -0.2) is 0 Å². The van der Waals surface area contributed by atoms with Crippen LogP contribution < -0.4 is 0 Å². The Bertz CT molecular complexity index is 145. The molecule has 0 saturated carbocycles. The molecule has 2 unspecified atom stereocenters. The van der Waals surface area contributed by atoms with Gasteiger partial charge in [-0.15, -0.1) is 0 Å². The largest absolute Gasteiger partial charge is 0.481 e. The smallest absolute Gasteiger partial charge is 0.306 e. The second kappa shape index (κ2) is 4.47. The van der Waals surface area contributed by atoms with Crippen molar-refractivity contribution in [2.75, 3.05) is 13.3 Å². The molecule has 0 heterocycles. The van der Waals surface area contributed by atoms with Gasteiger partial charge in [-0.3, -0.25) is 9.36 Å². The van der Waals surface area contributed by atoms with Crippen molar-refractivity contribution in [3.63, 3.8) is 0 Å². The van der Waals surface area contributed by atoms with Gasteiger partial charge < -0.3 is 9.63 Å². The number of carboxylic acids is 1. The molecule has 0 aromatic carbocycles.